The maximum atomic E-state index is 13.0. The van der Waals surface area contributed by atoms with Crippen molar-refractivity contribution in [2.45, 2.75) is 38.4 Å². The van der Waals surface area contributed by atoms with Gasteiger partial charge in [-0.3, -0.25) is 9.78 Å². The van der Waals surface area contributed by atoms with Gasteiger partial charge in [-0.1, -0.05) is 42.5 Å². The zero-order valence-electron chi connectivity index (χ0n) is 19.9. The Balaban J connectivity index is 1.38. The number of fused-ring (bicyclic) bond motifs is 1. The summed E-state index contributed by atoms with van der Waals surface area (Å²) in [5, 5.41) is 9.34. The maximum Gasteiger partial charge on any atom is 0.226 e. The highest BCUT2D eigenvalue weighted by molar-refractivity contribution is 7.80. The topological polar surface area (TPSA) is 62.2 Å². The Kier molecular flexibility index (Phi) is 6.51. The molecule has 35 heavy (non-hydrogen) atoms. The van der Waals surface area contributed by atoms with Crippen LogP contribution in [-0.4, -0.2) is 32.0 Å². The van der Waals surface area contributed by atoms with Crippen LogP contribution in [0, 0.1) is 0 Å². The van der Waals surface area contributed by atoms with Gasteiger partial charge in [0.2, 0.25) is 5.91 Å². The standard InChI is InChI=1S/C28H29N5OS/c1-19(2)32-17-8-14-24(32)27-26(23-12-5-6-16-29-23)31-28(35)33(27)18-15-25(34)30-22-13-7-10-20-9-3-4-11-21(20)22/h3-14,16-17,19,26-27H,15,18H2,1-2H3,(H,30,34)(H,31,35)/t26-,27+/m1/s1. The van der Waals surface area contributed by atoms with E-state index in [1.54, 1.807) is 6.20 Å². The first kappa shape index (κ1) is 23.1. The molecular formula is C28H29N5OS. The molecule has 7 heteroatoms. The summed E-state index contributed by atoms with van der Waals surface area (Å²) in [7, 11) is 0. The predicted octanol–water partition coefficient (Wildman–Crippen LogP) is 5.62. The van der Waals surface area contributed by atoms with E-state index in [2.05, 4.69) is 57.3 Å². The van der Waals surface area contributed by atoms with Gasteiger partial charge in [-0.15, -0.1) is 0 Å². The number of thiocarbonyl (C=S) groups is 1. The molecule has 0 bridgehead atoms. The number of amides is 1. The van der Waals surface area contributed by atoms with Gasteiger partial charge in [0.25, 0.3) is 0 Å². The van der Waals surface area contributed by atoms with Crippen molar-refractivity contribution in [2.24, 2.45) is 0 Å². The van der Waals surface area contributed by atoms with Crippen molar-refractivity contribution < 1.29 is 4.79 Å². The Bertz CT molecular complexity index is 1340. The molecule has 178 valence electrons. The van der Waals surface area contributed by atoms with Crippen molar-refractivity contribution in [3.05, 3.63) is 96.6 Å². The molecule has 4 aromatic rings. The molecule has 0 spiro atoms. The fraction of sp³-hybridized carbons (Fsp3) is 0.250. The zero-order valence-corrected chi connectivity index (χ0v) is 20.7. The molecule has 1 saturated heterocycles. The summed E-state index contributed by atoms with van der Waals surface area (Å²) in [6.45, 7) is 4.84. The second kappa shape index (κ2) is 9.88. The Hall–Kier alpha value is -3.71. The molecule has 5 rings (SSSR count). The molecule has 2 atom stereocenters. The minimum Gasteiger partial charge on any atom is -0.352 e. The lowest BCUT2D eigenvalue weighted by Gasteiger charge is -2.29. The Labute approximate surface area is 211 Å². The molecule has 1 aliphatic heterocycles. The van der Waals surface area contributed by atoms with Crippen molar-refractivity contribution in [1.29, 1.82) is 0 Å². The summed E-state index contributed by atoms with van der Waals surface area (Å²) in [5.41, 5.74) is 2.91. The van der Waals surface area contributed by atoms with E-state index < -0.39 is 0 Å². The molecule has 1 amide bonds. The lowest BCUT2D eigenvalue weighted by atomic mass is 10.0. The van der Waals surface area contributed by atoms with Crippen molar-refractivity contribution in [3.63, 3.8) is 0 Å². The molecule has 1 fully saturated rings. The second-order valence-corrected chi connectivity index (χ2v) is 9.47. The second-order valence-electron chi connectivity index (χ2n) is 9.08. The van der Waals surface area contributed by atoms with Crippen molar-refractivity contribution in [1.82, 2.24) is 19.8 Å². The molecule has 2 aromatic heterocycles. The smallest absolute Gasteiger partial charge is 0.226 e. The maximum absolute atomic E-state index is 13.0. The minimum absolute atomic E-state index is 0.0385. The quantitative estimate of drug-likeness (QED) is 0.334. The van der Waals surface area contributed by atoms with Gasteiger partial charge >= 0.3 is 0 Å². The van der Waals surface area contributed by atoms with Gasteiger partial charge in [-0.2, -0.15) is 0 Å². The van der Waals surface area contributed by atoms with Crippen LogP contribution in [0.15, 0.2) is 85.2 Å². The van der Waals surface area contributed by atoms with E-state index in [0.717, 1.165) is 27.8 Å². The van der Waals surface area contributed by atoms with Crippen LogP contribution in [0.4, 0.5) is 5.69 Å². The van der Waals surface area contributed by atoms with E-state index in [0.29, 0.717) is 24.1 Å². The minimum atomic E-state index is -0.0998. The van der Waals surface area contributed by atoms with Gasteiger partial charge in [0, 0.05) is 48.2 Å². The Morgan fingerprint density at radius 2 is 1.86 bits per heavy atom. The number of pyridine rings is 1. The number of anilines is 1. The van der Waals surface area contributed by atoms with Gasteiger partial charge in [0.1, 0.15) is 0 Å². The molecule has 3 heterocycles. The first-order valence-corrected chi connectivity index (χ1v) is 12.4. The van der Waals surface area contributed by atoms with E-state index in [9.17, 15) is 4.79 Å². The summed E-state index contributed by atoms with van der Waals surface area (Å²) in [6, 6.07) is 24.3. The number of rotatable bonds is 7. The number of carbonyl (C=O) groups excluding carboxylic acids is 1. The Morgan fingerprint density at radius 3 is 2.66 bits per heavy atom. The summed E-state index contributed by atoms with van der Waals surface area (Å²) < 4.78 is 2.26. The van der Waals surface area contributed by atoms with Crippen molar-refractivity contribution >= 4 is 39.7 Å². The monoisotopic (exact) mass is 483 g/mol. The van der Waals surface area contributed by atoms with Crippen LogP contribution in [0.2, 0.25) is 0 Å². The SMILES string of the molecule is CC(C)n1cccc1[C@H]1[C@@H](c2ccccn2)NC(=S)N1CCC(=O)Nc1cccc2ccccc12. The fourth-order valence-corrected chi connectivity index (χ4v) is 5.20. The molecule has 0 aliphatic carbocycles. The van der Waals surface area contributed by atoms with Crippen LogP contribution in [0.3, 0.4) is 0 Å². The molecular weight excluding hydrogens is 454 g/mol. The van der Waals surface area contributed by atoms with Crippen molar-refractivity contribution in [2.75, 3.05) is 11.9 Å². The van der Waals surface area contributed by atoms with Gasteiger partial charge in [0.15, 0.2) is 5.11 Å². The molecule has 2 aromatic carbocycles. The molecule has 6 nitrogen and oxygen atoms in total. The van der Waals surface area contributed by atoms with Gasteiger partial charge in [-0.05, 0) is 61.8 Å². The van der Waals surface area contributed by atoms with Crippen LogP contribution in [0.1, 0.15) is 49.8 Å². The van der Waals surface area contributed by atoms with E-state index in [1.807, 2.05) is 60.7 Å². The van der Waals surface area contributed by atoms with E-state index in [1.165, 1.54) is 0 Å². The number of nitrogens with zero attached hydrogens (tertiary/aromatic N) is 3. The normalized spacial score (nSPS) is 17.7. The number of hydrogen-bond donors (Lipinski definition) is 2. The third kappa shape index (κ3) is 4.64. The van der Waals surface area contributed by atoms with E-state index >= 15 is 0 Å². The third-order valence-corrected chi connectivity index (χ3v) is 6.86. The summed E-state index contributed by atoms with van der Waals surface area (Å²) in [5.74, 6) is -0.0385. The first-order valence-electron chi connectivity index (χ1n) is 12.0. The van der Waals surface area contributed by atoms with Gasteiger partial charge < -0.3 is 20.1 Å². The third-order valence-electron chi connectivity index (χ3n) is 6.51. The summed E-state index contributed by atoms with van der Waals surface area (Å²) >= 11 is 5.77. The van der Waals surface area contributed by atoms with Crippen LogP contribution < -0.4 is 10.6 Å². The molecule has 2 N–H and O–H groups in total. The molecule has 0 radical (unpaired) electrons. The fourth-order valence-electron chi connectivity index (χ4n) is 4.87. The average Bonchev–Trinajstić information content (AvgIpc) is 3.48. The lowest BCUT2D eigenvalue weighted by Crippen LogP contribution is -2.33. The highest BCUT2D eigenvalue weighted by Gasteiger charge is 2.41. The Morgan fingerprint density at radius 1 is 1.06 bits per heavy atom. The largest absolute Gasteiger partial charge is 0.352 e. The molecule has 1 aliphatic rings. The number of nitrogens with one attached hydrogen (secondary N) is 2. The number of benzene rings is 2. The lowest BCUT2D eigenvalue weighted by molar-refractivity contribution is -0.116. The van der Waals surface area contributed by atoms with Crippen LogP contribution in [-0.2, 0) is 4.79 Å². The summed E-state index contributed by atoms with van der Waals surface area (Å²) in [6.07, 6.45) is 4.22. The molecule has 0 unspecified atom stereocenters. The average molecular weight is 484 g/mol. The van der Waals surface area contributed by atoms with E-state index in [-0.39, 0.29) is 18.0 Å². The predicted molar refractivity (Wildman–Crippen MR) is 144 cm³/mol. The first-order chi connectivity index (χ1) is 17.0. The highest BCUT2D eigenvalue weighted by Crippen LogP contribution is 2.39. The van der Waals surface area contributed by atoms with Gasteiger partial charge in [-0.25, -0.2) is 0 Å². The van der Waals surface area contributed by atoms with Crippen LogP contribution in [0.25, 0.3) is 10.8 Å². The number of aromatic nitrogens is 2. The number of hydrogen-bond acceptors (Lipinski definition) is 3. The summed E-state index contributed by atoms with van der Waals surface area (Å²) in [4.78, 5) is 19.8. The molecule has 0 saturated carbocycles. The van der Waals surface area contributed by atoms with Gasteiger partial charge in [0.05, 0.1) is 17.8 Å². The number of carbonyl (C=O) groups is 1. The van der Waals surface area contributed by atoms with Crippen LogP contribution >= 0.6 is 12.2 Å². The zero-order chi connectivity index (χ0) is 24.4. The van der Waals surface area contributed by atoms with Crippen molar-refractivity contribution in [3.8, 4) is 0 Å². The highest BCUT2D eigenvalue weighted by atomic mass is 32.1. The van der Waals surface area contributed by atoms with E-state index in [4.69, 9.17) is 12.2 Å². The van der Waals surface area contributed by atoms with Crippen LogP contribution in [0.5, 0.6) is 0 Å².